The van der Waals surface area contributed by atoms with Gasteiger partial charge in [0, 0.05) is 6.61 Å². The van der Waals surface area contributed by atoms with E-state index in [2.05, 4.69) is 9.71 Å². The number of nitrogens with one attached hydrogen (secondary N) is 1. The summed E-state index contributed by atoms with van der Waals surface area (Å²) in [5.41, 5.74) is 1.41. The molecule has 0 spiro atoms. The molecule has 1 saturated heterocycles. The lowest BCUT2D eigenvalue weighted by Gasteiger charge is -2.39. The monoisotopic (exact) mass is 494 g/mol. The maximum Gasteiger partial charge on any atom is 0.299 e. The second-order valence-electron chi connectivity index (χ2n) is 8.95. The molecule has 0 bridgehead atoms. The fourth-order valence-corrected chi connectivity index (χ4v) is 6.00. The first-order valence-electron chi connectivity index (χ1n) is 11.5. The smallest absolute Gasteiger partial charge is 0.299 e. The molecule has 1 aliphatic heterocycles. The van der Waals surface area contributed by atoms with Gasteiger partial charge in [-0.1, -0.05) is 72.8 Å². The Morgan fingerprint density at radius 3 is 2.23 bits per heavy atom. The second-order valence-corrected chi connectivity index (χ2v) is 10.7. The summed E-state index contributed by atoms with van der Waals surface area (Å²) in [7, 11) is -3.85. The third kappa shape index (κ3) is 6.01. The Morgan fingerprint density at radius 1 is 1.00 bits per heavy atom. The van der Waals surface area contributed by atoms with E-state index in [1.54, 1.807) is 38.1 Å². The minimum absolute atomic E-state index is 0.0728. The topological polar surface area (TPSA) is 97.2 Å². The summed E-state index contributed by atoms with van der Waals surface area (Å²) in [6.07, 6.45) is 0.340. The molecule has 2 atom stereocenters. The van der Waals surface area contributed by atoms with E-state index in [1.807, 2.05) is 60.7 Å². The number of sulfonamides is 1. The summed E-state index contributed by atoms with van der Waals surface area (Å²) in [4.78, 5) is 4.51. The Balaban J connectivity index is 1.53. The molecule has 1 unspecified atom stereocenters. The van der Waals surface area contributed by atoms with Crippen LogP contribution in [0.2, 0.25) is 0 Å². The molecule has 0 radical (unpaired) electrons. The number of benzene rings is 3. The van der Waals surface area contributed by atoms with Gasteiger partial charge in [-0.2, -0.15) is 0 Å². The van der Waals surface area contributed by atoms with Crippen LogP contribution >= 0.6 is 0 Å². The average molecular weight is 495 g/mol. The van der Waals surface area contributed by atoms with Crippen LogP contribution in [0.15, 0.2) is 89.9 Å². The van der Waals surface area contributed by atoms with Gasteiger partial charge in [0.05, 0.1) is 6.04 Å². The highest BCUT2D eigenvalue weighted by atomic mass is 32.2. The predicted molar refractivity (Wildman–Crippen MR) is 135 cm³/mol. The predicted octanol–water partition coefficient (Wildman–Crippen LogP) is 4.51. The van der Waals surface area contributed by atoms with E-state index >= 15 is 0 Å². The third-order valence-electron chi connectivity index (χ3n) is 5.82. The lowest BCUT2D eigenvalue weighted by molar-refractivity contribution is 0.0758. The first-order valence-corrected chi connectivity index (χ1v) is 13.0. The van der Waals surface area contributed by atoms with Crippen molar-refractivity contribution < 1.29 is 23.0 Å². The molecule has 0 amide bonds. The van der Waals surface area contributed by atoms with E-state index in [0.29, 0.717) is 24.3 Å². The zero-order valence-corrected chi connectivity index (χ0v) is 20.6. The first-order chi connectivity index (χ1) is 16.8. The molecule has 1 aliphatic rings. The highest BCUT2D eigenvalue weighted by molar-refractivity contribution is 7.90. The number of aliphatic hydroxyl groups is 1. The number of aliphatic hydroxyl groups excluding tert-OH is 1. The van der Waals surface area contributed by atoms with E-state index in [0.717, 1.165) is 11.1 Å². The Bertz CT molecular complexity index is 1240. The molecular formula is C27H30N2O5S. The standard InChI is InChI=1S/C27H30N2O5S/c1-27(2)25(22-13-15-23(16-14-22)33-19-20-9-5-3-6-10-20)35(31,32)29-26(34-27)28-24(17-18-30)21-11-7-4-8-12-21/h3-16,24-25,30H,17-19H2,1-2H3,(H,28,29)/t24-,25?/m0/s1. The number of rotatable bonds is 8. The lowest BCUT2D eigenvalue weighted by Crippen LogP contribution is -2.53. The Morgan fingerprint density at radius 2 is 1.63 bits per heavy atom. The molecule has 0 saturated carbocycles. The number of ether oxygens (including phenoxy) is 2. The molecular weight excluding hydrogens is 464 g/mol. The van der Waals surface area contributed by atoms with Crippen molar-refractivity contribution in [1.82, 2.24) is 4.72 Å². The van der Waals surface area contributed by atoms with Crippen molar-refractivity contribution in [2.75, 3.05) is 6.61 Å². The molecule has 4 rings (SSSR count). The van der Waals surface area contributed by atoms with Gasteiger partial charge >= 0.3 is 0 Å². The van der Waals surface area contributed by atoms with Crippen molar-refractivity contribution in [2.45, 2.75) is 43.8 Å². The third-order valence-corrected chi connectivity index (χ3v) is 7.74. The summed E-state index contributed by atoms with van der Waals surface area (Å²) in [6.45, 7) is 3.80. The molecule has 7 nitrogen and oxygen atoms in total. The van der Waals surface area contributed by atoms with Crippen molar-refractivity contribution in [3.05, 3.63) is 102 Å². The summed E-state index contributed by atoms with van der Waals surface area (Å²) >= 11 is 0. The molecule has 2 N–H and O–H groups in total. The Labute approximate surface area is 206 Å². The fraction of sp³-hybridized carbons (Fsp3) is 0.296. The highest BCUT2D eigenvalue weighted by Crippen LogP contribution is 2.39. The Hall–Kier alpha value is -3.36. The lowest BCUT2D eigenvalue weighted by atomic mass is 9.97. The zero-order valence-electron chi connectivity index (χ0n) is 19.8. The zero-order chi connectivity index (χ0) is 24.9. The Kier molecular flexibility index (Phi) is 7.42. The molecule has 0 aromatic heterocycles. The van der Waals surface area contributed by atoms with Gasteiger partial charge in [0.1, 0.15) is 23.2 Å². The van der Waals surface area contributed by atoms with Crippen molar-refractivity contribution >= 4 is 16.0 Å². The molecule has 184 valence electrons. The van der Waals surface area contributed by atoms with E-state index in [-0.39, 0.29) is 12.6 Å². The number of hydrogen-bond acceptors (Lipinski definition) is 6. The normalized spacial score (nSPS) is 20.4. The summed E-state index contributed by atoms with van der Waals surface area (Å²) < 4.78 is 41.0. The molecule has 35 heavy (non-hydrogen) atoms. The van der Waals surface area contributed by atoms with Crippen LogP contribution in [0.1, 0.15) is 48.3 Å². The van der Waals surface area contributed by atoms with E-state index in [4.69, 9.17) is 9.47 Å². The van der Waals surface area contributed by atoms with Gasteiger partial charge in [0.2, 0.25) is 10.0 Å². The van der Waals surface area contributed by atoms with Gasteiger partial charge in [-0.25, -0.2) is 18.1 Å². The van der Waals surface area contributed by atoms with Crippen LogP contribution in [0.25, 0.3) is 0 Å². The number of nitrogens with zero attached hydrogens (tertiary/aromatic N) is 1. The molecule has 1 heterocycles. The largest absolute Gasteiger partial charge is 0.489 e. The maximum absolute atomic E-state index is 13.3. The SMILES string of the molecule is CC1(C)OC(=N[C@@H](CCO)c2ccccc2)NS(=O)(=O)C1c1ccc(OCc2ccccc2)cc1. The molecule has 1 fully saturated rings. The molecule has 0 aliphatic carbocycles. The second kappa shape index (κ2) is 10.5. The van der Waals surface area contributed by atoms with Gasteiger partial charge in [0.15, 0.2) is 0 Å². The van der Waals surface area contributed by atoms with Gasteiger partial charge < -0.3 is 14.6 Å². The fourth-order valence-electron chi connectivity index (χ4n) is 4.24. The van der Waals surface area contributed by atoms with Gasteiger partial charge in [0.25, 0.3) is 6.02 Å². The van der Waals surface area contributed by atoms with E-state index in [1.165, 1.54) is 0 Å². The van der Waals surface area contributed by atoms with Crippen LogP contribution in [-0.4, -0.2) is 31.8 Å². The molecule has 3 aromatic carbocycles. The van der Waals surface area contributed by atoms with Crippen molar-refractivity contribution in [3.8, 4) is 5.75 Å². The van der Waals surface area contributed by atoms with Crippen LogP contribution in [0.4, 0.5) is 0 Å². The van der Waals surface area contributed by atoms with Crippen LogP contribution in [0.5, 0.6) is 5.75 Å². The van der Waals surface area contributed by atoms with Crippen LogP contribution in [-0.2, 0) is 21.4 Å². The van der Waals surface area contributed by atoms with Gasteiger partial charge in [-0.15, -0.1) is 0 Å². The van der Waals surface area contributed by atoms with Crippen LogP contribution < -0.4 is 9.46 Å². The maximum atomic E-state index is 13.3. The minimum Gasteiger partial charge on any atom is -0.489 e. The number of amidine groups is 1. The summed E-state index contributed by atoms with van der Waals surface area (Å²) in [6, 6.07) is 25.7. The quantitative estimate of drug-likeness (QED) is 0.480. The van der Waals surface area contributed by atoms with Gasteiger partial charge in [-0.05, 0) is 49.1 Å². The van der Waals surface area contributed by atoms with Crippen LogP contribution in [0.3, 0.4) is 0 Å². The number of aliphatic imine (C=N–C) groups is 1. The average Bonchev–Trinajstić information content (AvgIpc) is 2.83. The van der Waals surface area contributed by atoms with Crippen LogP contribution in [0, 0.1) is 0 Å². The summed E-state index contributed by atoms with van der Waals surface area (Å²) in [5, 5.41) is 8.54. The van der Waals surface area contributed by atoms with Crippen molar-refractivity contribution in [2.24, 2.45) is 4.99 Å². The van der Waals surface area contributed by atoms with Crippen molar-refractivity contribution in [1.29, 1.82) is 0 Å². The number of hydrogen-bond donors (Lipinski definition) is 2. The first kappa shape index (κ1) is 24.8. The van der Waals surface area contributed by atoms with E-state index < -0.39 is 26.9 Å². The van der Waals surface area contributed by atoms with Crippen molar-refractivity contribution in [3.63, 3.8) is 0 Å². The van der Waals surface area contributed by atoms with E-state index in [9.17, 15) is 13.5 Å². The highest BCUT2D eigenvalue weighted by Gasteiger charge is 2.48. The van der Waals surface area contributed by atoms with Gasteiger partial charge in [-0.3, -0.25) is 0 Å². The summed E-state index contributed by atoms with van der Waals surface area (Å²) in [5.74, 6) is 0.648. The molecule has 8 heteroatoms. The minimum atomic E-state index is -3.85. The molecule has 3 aromatic rings.